The zero-order valence-corrected chi connectivity index (χ0v) is 13.3. The van der Waals surface area contributed by atoms with E-state index in [0.29, 0.717) is 4.47 Å². The number of halogens is 1. The minimum absolute atomic E-state index is 0.126. The third-order valence-corrected chi connectivity index (χ3v) is 4.59. The van der Waals surface area contributed by atoms with Gasteiger partial charge in [-0.05, 0) is 40.0 Å². The lowest BCUT2D eigenvalue weighted by Gasteiger charge is -2.09. The maximum atomic E-state index is 12.2. The van der Waals surface area contributed by atoms with Gasteiger partial charge in [0.1, 0.15) is 4.90 Å². The van der Waals surface area contributed by atoms with Crippen LogP contribution in [0.25, 0.3) is 0 Å². The molecule has 0 spiro atoms. The first-order chi connectivity index (χ1) is 9.53. The highest BCUT2D eigenvalue weighted by Gasteiger charge is 2.15. The Morgan fingerprint density at radius 2 is 2.15 bits per heavy atom. The summed E-state index contributed by atoms with van der Waals surface area (Å²) >= 11 is 3.21. The summed E-state index contributed by atoms with van der Waals surface area (Å²) in [5.74, 6) is 0. The first-order valence-electron chi connectivity index (χ1n) is 6.06. The molecule has 0 fully saturated rings. The maximum Gasteiger partial charge on any atom is 0.242 e. The summed E-state index contributed by atoms with van der Waals surface area (Å²) in [5, 5.41) is 0. The first kappa shape index (κ1) is 15.1. The van der Waals surface area contributed by atoms with Crippen LogP contribution in [-0.4, -0.2) is 18.4 Å². The van der Waals surface area contributed by atoms with Crippen LogP contribution in [0.3, 0.4) is 0 Å². The van der Waals surface area contributed by atoms with E-state index in [-0.39, 0.29) is 11.4 Å². The Kier molecular flexibility index (Phi) is 4.85. The number of aryl methyl sites for hydroxylation is 1. The van der Waals surface area contributed by atoms with Gasteiger partial charge in [-0.3, -0.25) is 9.97 Å². The minimum atomic E-state index is -3.59. The van der Waals surface area contributed by atoms with E-state index in [1.54, 1.807) is 6.20 Å². The number of aromatic nitrogens is 2. The number of hydrogen-bond donors (Lipinski definition) is 1. The molecule has 0 unspecified atom stereocenters. The molecule has 20 heavy (non-hydrogen) atoms. The number of rotatable bonds is 5. The summed E-state index contributed by atoms with van der Waals surface area (Å²) in [6.45, 7) is 2.17. The summed E-state index contributed by atoms with van der Waals surface area (Å²) in [6.07, 6.45) is 5.31. The molecule has 0 amide bonds. The molecule has 1 N–H and O–H groups in total. The third kappa shape index (κ3) is 3.62. The zero-order chi connectivity index (χ0) is 14.6. The molecule has 5 nitrogen and oxygen atoms in total. The van der Waals surface area contributed by atoms with E-state index in [1.807, 2.05) is 19.1 Å². The Balaban J connectivity index is 2.17. The van der Waals surface area contributed by atoms with Gasteiger partial charge in [-0.15, -0.1) is 0 Å². The standard InChI is InChI=1S/C13H14BrN3O2S/c1-2-10-4-3-5-16-13(10)9-17-20(18,19)12-6-11(14)7-15-8-12/h3-8,17H,2,9H2,1H3. The summed E-state index contributed by atoms with van der Waals surface area (Å²) in [4.78, 5) is 8.20. The van der Waals surface area contributed by atoms with E-state index in [0.717, 1.165) is 17.7 Å². The molecule has 2 aromatic heterocycles. The average Bonchev–Trinajstić information content (AvgIpc) is 2.45. The van der Waals surface area contributed by atoms with Crippen LogP contribution in [0.2, 0.25) is 0 Å². The molecule has 0 aliphatic carbocycles. The Morgan fingerprint density at radius 3 is 2.85 bits per heavy atom. The van der Waals surface area contributed by atoms with Gasteiger partial charge >= 0.3 is 0 Å². The zero-order valence-electron chi connectivity index (χ0n) is 10.9. The highest BCUT2D eigenvalue weighted by molar-refractivity contribution is 9.10. The Labute approximate surface area is 126 Å². The van der Waals surface area contributed by atoms with Crippen LogP contribution in [0.5, 0.6) is 0 Å². The maximum absolute atomic E-state index is 12.2. The Morgan fingerprint density at radius 1 is 1.35 bits per heavy atom. The quantitative estimate of drug-likeness (QED) is 0.892. The topological polar surface area (TPSA) is 72.0 Å². The van der Waals surface area contributed by atoms with Crippen molar-refractivity contribution in [1.29, 1.82) is 0 Å². The van der Waals surface area contributed by atoms with Gasteiger partial charge in [0, 0.05) is 23.1 Å². The molecule has 0 saturated carbocycles. The van der Waals surface area contributed by atoms with Crippen molar-refractivity contribution >= 4 is 26.0 Å². The molecule has 0 aliphatic heterocycles. The van der Waals surface area contributed by atoms with E-state index in [1.165, 1.54) is 18.5 Å². The highest BCUT2D eigenvalue weighted by Crippen LogP contribution is 2.15. The largest absolute Gasteiger partial charge is 0.262 e. The average molecular weight is 356 g/mol. The van der Waals surface area contributed by atoms with E-state index in [2.05, 4.69) is 30.6 Å². The second-order valence-electron chi connectivity index (χ2n) is 4.13. The predicted molar refractivity (Wildman–Crippen MR) is 79.6 cm³/mol. The van der Waals surface area contributed by atoms with Crippen molar-refractivity contribution in [2.45, 2.75) is 24.8 Å². The summed E-state index contributed by atoms with van der Waals surface area (Å²) < 4.78 is 27.5. The normalized spacial score (nSPS) is 11.5. The van der Waals surface area contributed by atoms with E-state index < -0.39 is 10.0 Å². The molecular weight excluding hydrogens is 342 g/mol. The van der Waals surface area contributed by atoms with Gasteiger partial charge in [0.2, 0.25) is 10.0 Å². The van der Waals surface area contributed by atoms with Crippen molar-refractivity contribution in [2.75, 3.05) is 0 Å². The number of hydrogen-bond acceptors (Lipinski definition) is 4. The van der Waals surface area contributed by atoms with Crippen LogP contribution in [0.15, 0.2) is 46.2 Å². The minimum Gasteiger partial charge on any atom is -0.262 e. The molecule has 0 radical (unpaired) electrons. The molecule has 106 valence electrons. The fourth-order valence-electron chi connectivity index (χ4n) is 1.74. The molecule has 0 aromatic carbocycles. The van der Waals surface area contributed by atoms with Gasteiger partial charge in [-0.2, -0.15) is 0 Å². The van der Waals surface area contributed by atoms with Crippen molar-refractivity contribution in [1.82, 2.24) is 14.7 Å². The number of pyridine rings is 2. The van der Waals surface area contributed by atoms with Crippen LogP contribution in [0, 0.1) is 0 Å². The van der Waals surface area contributed by atoms with Crippen molar-refractivity contribution in [3.63, 3.8) is 0 Å². The molecule has 0 saturated heterocycles. The SMILES string of the molecule is CCc1cccnc1CNS(=O)(=O)c1cncc(Br)c1. The molecule has 2 rings (SSSR count). The van der Waals surface area contributed by atoms with Crippen LogP contribution < -0.4 is 4.72 Å². The van der Waals surface area contributed by atoms with Crippen LogP contribution in [-0.2, 0) is 23.0 Å². The molecule has 0 aliphatic rings. The third-order valence-electron chi connectivity index (χ3n) is 2.79. The Bertz CT molecular complexity index is 704. The lowest BCUT2D eigenvalue weighted by atomic mass is 10.1. The van der Waals surface area contributed by atoms with Crippen LogP contribution >= 0.6 is 15.9 Å². The second kappa shape index (κ2) is 6.43. The van der Waals surface area contributed by atoms with Gasteiger partial charge in [-0.25, -0.2) is 13.1 Å². The van der Waals surface area contributed by atoms with Crippen LogP contribution in [0.1, 0.15) is 18.2 Å². The lowest BCUT2D eigenvalue weighted by molar-refractivity contribution is 0.579. The fraction of sp³-hybridized carbons (Fsp3) is 0.231. The summed E-state index contributed by atoms with van der Waals surface area (Å²) in [6, 6.07) is 5.29. The van der Waals surface area contributed by atoms with Gasteiger partial charge < -0.3 is 0 Å². The van der Waals surface area contributed by atoms with E-state index in [9.17, 15) is 8.42 Å². The van der Waals surface area contributed by atoms with Gasteiger partial charge in [-0.1, -0.05) is 13.0 Å². The van der Waals surface area contributed by atoms with Gasteiger partial charge in [0.25, 0.3) is 0 Å². The van der Waals surface area contributed by atoms with Gasteiger partial charge in [0.05, 0.1) is 12.2 Å². The van der Waals surface area contributed by atoms with Crippen molar-refractivity contribution in [2.24, 2.45) is 0 Å². The lowest BCUT2D eigenvalue weighted by Crippen LogP contribution is -2.24. The monoisotopic (exact) mass is 355 g/mol. The number of nitrogens with zero attached hydrogens (tertiary/aromatic N) is 2. The molecule has 0 bridgehead atoms. The van der Waals surface area contributed by atoms with E-state index in [4.69, 9.17) is 0 Å². The number of sulfonamides is 1. The Hall–Kier alpha value is -1.31. The highest BCUT2D eigenvalue weighted by atomic mass is 79.9. The molecule has 7 heteroatoms. The fourth-order valence-corrected chi connectivity index (χ4v) is 3.23. The number of nitrogens with one attached hydrogen (secondary N) is 1. The molecule has 0 atom stereocenters. The first-order valence-corrected chi connectivity index (χ1v) is 8.33. The van der Waals surface area contributed by atoms with E-state index >= 15 is 0 Å². The predicted octanol–water partition coefficient (Wildman–Crippen LogP) is 2.28. The molecule has 2 aromatic rings. The molecular formula is C13H14BrN3O2S. The summed E-state index contributed by atoms with van der Waals surface area (Å²) in [7, 11) is -3.59. The molecule has 2 heterocycles. The van der Waals surface area contributed by atoms with Crippen LogP contribution in [0.4, 0.5) is 0 Å². The second-order valence-corrected chi connectivity index (χ2v) is 6.81. The van der Waals surface area contributed by atoms with Gasteiger partial charge in [0.15, 0.2) is 0 Å². The van der Waals surface area contributed by atoms with Crippen molar-refractivity contribution in [3.05, 3.63) is 52.5 Å². The summed E-state index contributed by atoms with van der Waals surface area (Å²) in [5.41, 5.74) is 1.77. The van der Waals surface area contributed by atoms with Crippen molar-refractivity contribution in [3.8, 4) is 0 Å². The smallest absolute Gasteiger partial charge is 0.242 e. The van der Waals surface area contributed by atoms with Crippen molar-refractivity contribution < 1.29 is 8.42 Å².